The fourth-order valence-electron chi connectivity index (χ4n) is 2.04. The zero-order valence-corrected chi connectivity index (χ0v) is 11.6. The van der Waals surface area contributed by atoms with Crippen LogP contribution in [0.4, 0.5) is 0 Å². The molecule has 0 aliphatic carbocycles. The quantitative estimate of drug-likeness (QED) is 0.771. The summed E-state index contributed by atoms with van der Waals surface area (Å²) in [6.45, 7) is 0. The lowest BCUT2D eigenvalue weighted by Crippen LogP contribution is -2.04. The van der Waals surface area contributed by atoms with Gasteiger partial charge >= 0.3 is 0 Å². The SMILES string of the molecule is O=c1cc(-c2ccccc2Br)n(-c2ccccc2)[nH]1. The van der Waals surface area contributed by atoms with E-state index in [0.717, 1.165) is 21.4 Å². The maximum absolute atomic E-state index is 11.7. The predicted molar refractivity (Wildman–Crippen MR) is 79.5 cm³/mol. The van der Waals surface area contributed by atoms with E-state index in [1.165, 1.54) is 0 Å². The summed E-state index contributed by atoms with van der Waals surface area (Å²) in [4.78, 5) is 11.7. The van der Waals surface area contributed by atoms with Gasteiger partial charge in [0.1, 0.15) is 0 Å². The lowest BCUT2D eigenvalue weighted by molar-refractivity contribution is 0.870. The van der Waals surface area contributed by atoms with Gasteiger partial charge in [0, 0.05) is 16.1 Å². The van der Waals surface area contributed by atoms with Gasteiger partial charge in [-0.3, -0.25) is 14.6 Å². The molecule has 0 fully saturated rings. The normalized spacial score (nSPS) is 10.6. The number of nitrogens with one attached hydrogen (secondary N) is 1. The first-order valence-corrected chi connectivity index (χ1v) is 6.67. The average molecular weight is 315 g/mol. The molecule has 0 saturated carbocycles. The van der Waals surface area contributed by atoms with Gasteiger partial charge in [-0.15, -0.1) is 0 Å². The molecule has 3 aromatic rings. The van der Waals surface area contributed by atoms with Crippen LogP contribution in [0.2, 0.25) is 0 Å². The van der Waals surface area contributed by atoms with E-state index in [1.807, 2.05) is 54.6 Å². The minimum absolute atomic E-state index is 0.116. The van der Waals surface area contributed by atoms with Gasteiger partial charge in [0.25, 0.3) is 5.56 Å². The molecular formula is C15H11BrN2O. The molecule has 0 atom stereocenters. The van der Waals surface area contributed by atoms with Gasteiger partial charge in [-0.25, -0.2) is 0 Å². The molecule has 3 nitrogen and oxygen atoms in total. The third-order valence-corrected chi connectivity index (χ3v) is 3.59. The van der Waals surface area contributed by atoms with Crippen LogP contribution in [0.5, 0.6) is 0 Å². The zero-order valence-electron chi connectivity index (χ0n) is 10.0. The van der Waals surface area contributed by atoms with Crippen molar-refractivity contribution < 1.29 is 0 Å². The van der Waals surface area contributed by atoms with Crippen molar-refractivity contribution in [1.82, 2.24) is 9.78 Å². The van der Waals surface area contributed by atoms with E-state index < -0.39 is 0 Å². The highest BCUT2D eigenvalue weighted by Crippen LogP contribution is 2.28. The zero-order chi connectivity index (χ0) is 13.2. The summed E-state index contributed by atoms with van der Waals surface area (Å²) in [5, 5.41) is 2.83. The average Bonchev–Trinajstić information content (AvgIpc) is 2.82. The Hall–Kier alpha value is -2.07. The maximum atomic E-state index is 11.7. The topological polar surface area (TPSA) is 37.8 Å². The summed E-state index contributed by atoms with van der Waals surface area (Å²) < 4.78 is 2.75. The Morgan fingerprint density at radius 3 is 2.37 bits per heavy atom. The third kappa shape index (κ3) is 2.27. The fraction of sp³-hybridized carbons (Fsp3) is 0. The summed E-state index contributed by atoms with van der Waals surface area (Å²) in [6.07, 6.45) is 0. The van der Waals surface area contributed by atoms with Crippen molar-refractivity contribution in [2.45, 2.75) is 0 Å². The molecule has 1 aromatic heterocycles. The van der Waals surface area contributed by atoms with E-state index in [4.69, 9.17) is 0 Å². The molecule has 1 N–H and O–H groups in total. The Kier molecular flexibility index (Phi) is 3.09. The highest BCUT2D eigenvalue weighted by Gasteiger charge is 2.10. The molecule has 0 amide bonds. The lowest BCUT2D eigenvalue weighted by Gasteiger charge is -2.09. The number of benzene rings is 2. The van der Waals surface area contributed by atoms with Gasteiger partial charge in [0.05, 0.1) is 11.4 Å². The number of nitrogens with zero attached hydrogens (tertiary/aromatic N) is 1. The van der Waals surface area contributed by atoms with Crippen molar-refractivity contribution in [2.75, 3.05) is 0 Å². The number of halogens is 1. The molecule has 0 saturated heterocycles. The van der Waals surface area contributed by atoms with Crippen LogP contribution in [0.3, 0.4) is 0 Å². The number of aromatic nitrogens is 2. The summed E-state index contributed by atoms with van der Waals surface area (Å²) in [6, 6.07) is 19.2. The summed E-state index contributed by atoms with van der Waals surface area (Å²) in [5.41, 5.74) is 2.62. The minimum Gasteiger partial charge on any atom is -0.268 e. The van der Waals surface area contributed by atoms with Crippen LogP contribution in [-0.4, -0.2) is 9.78 Å². The van der Waals surface area contributed by atoms with Gasteiger partial charge in [0.2, 0.25) is 0 Å². The van der Waals surface area contributed by atoms with Crippen molar-refractivity contribution in [2.24, 2.45) is 0 Å². The van der Waals surface area contributed by atoms with Crippen LogP contribution in [0.15, 0.2) is 69.9 Å². The molecule has 3 rings (SSSR count). The highest BCUT2D eigenvalue weighted by atomic mass is 79.9. The number of hydrogen-bond donors (Lipinski definition) is 1. The Bertz CT molecular complexity index is 759. The number of rotatable bonds is 2. The molecule has 94 valence electrons. The van der Waals surface area contributed by atoms with Gasteiger partial charge < -0.3 is 0 Å². The van der Waals surface area contributed by atoms with Crippen LogP contribution in [-0.2, 0) is 0 Å². The number of hydrogen-bond acceptors (Lipinski definition) is 1. The largest absolute Gasteiger partial charge is 0.268 e. The van der Waals surface area contributed by atoms with Crippen molar-refractivity contribution in [3.8, 4) is 16.9 Å². The third-order valence-electron chi connectivity index (χ3n) is 2.89. The second-order valence-electron chi connectivity index (χ2n) is 4.16. The highest BCUT2D eigenvalue weighted by molar-refractivity contribution is 9.10. The molecular weight excluding hydrogens is 304 g/mol. The van der Waals surface area contributed by atoms with Crippen LogP contribution < -0.4 is 5.56 Å². The first-order chi connectivity index (χ1) is 9.25. The molecule has 0 radical (unpaired) electrons. The molecule has 19 heavy (non-hydrogen) atoms. The van der Waals surface area contributed by atoms with Crippen LogP contribution in [0, 0.1) is 0 Å². The second-order valence-corrected chi connectivity index (χ2v) is 5.01. The van der Waals surface area contributed by atoms with Crippen LogP contribution >= 0.6 is 15.9 Å². The first kappa shape index (κ1) is 12.0. The van der Waals surface area contributed by atoms with E-state index in [-0.39, 0.29) is 5.56 Å². The summed E-state index contributed by atoms with van der Waals surface area (Å²) in [5.74, 6) is 0. The Labute approximate surface area is 118 Å². The molecule has 1 heterocycles. The number of para-hydroxylation sites is 1. The van der Waals surface area contributed by atoms with Gasteiger partial charge in [-0.05, 0) is 18.2 Å². The molecule has 0 bridgehead atoms. The molecule has 0 unspecified atom stereocenters. The summed E-state index contributed by atoms with van der Waals surface area (Å²) in [7, 11) is 0. The van der Waals surface area contributed by atoms with Gasteiger partial charge in [0.15, 0.2) is 0 Å². The van der Waals surface area contributed by atoms with Crippen LogP contribution in [0.1, 0.15) is 0 Å². The van der Waals surface area contributed by atoms with Crippen LogP contribution in [0.25, 0.3) is 16.9 Å². The second kappa shape index (κ2) is 4.90. The van der Waals surface area contributed by atoms with E-state index in [0.29, 0.717) is 0 Å². The molecule has 2 aromatic carbocycles. The van der Waals surface area contributed by atoms with Crippen molar-refractivity contribution in [1.29, 1.82) is 0 Å². The van der Waals surface area contributed by atoms with Crippen molar-refractivity contribution in [3.05, 3.63) is 75.5 Å². The fourth-order valence-corrected chi connectivity index (χ4v) is 2.53. The van der Waals surface area contributed by atoms with E-state index in [9.17, 15) is 4.79 Å². The van der Waals surface area contributed by atoms with Gasteiger partial charge in [-0.1, -0.05) is 52.3 Å². The molecule has 0 spiro atoms. The van der Waals surface area contributed by atoms with Gasteiger partial charge in [-0.2, -0.15) is 0 Å². The molecule has 0 aliphatic rings. The monoisotopic (exact) mass is 314 g/mol. The molecule has 4 heteroatoms. The van der Waals surface area contributed by atoms with E-state index >= 15 is 0 Å². The number of aromatic amines is 1. The standard InChI is InChI=1S/C15H11BrN2O/c16-13-9-5-4-8-12(13)14-10-15(19)17-18(14)11-6-2-1-3-7-11/h1-10H,(H,17,19). The summed E-state index contributed by atoms with van der Waals surface area (Å²) >= 11 is 3.52. The Morgan fingerprint density at radius 1 is 0.947 bits per heavy atom. The Morgan fingerprint density at radius 2 is 1.63 bits per heavy atom. The minimum atomic E-state index is -0.116. The number of H-pyrrole nitrogens is 1. The lowest BCUT2D eigenvalue weighted by atomic mass is 10.1. The Balaban J connectivity index is 2.24. The van der Waals surface area contributed by atoms with E-state index in [2.05, 4.69) is 21.0 Å². The first-order valence-electron chi connectivity index (χ1n) is 5.88. The van der Waals surface area contributed by atoms with Crippen molar-refractivity contribution in [3.63, 3.8) is 0 Å². The molecule has 0 aliphatic heterocycles. The maximum Gasteiger partial charge on any atom is 0.265 e. The van der Waals surface area contributed by atoms with Crippen molar-refractivity contribution >= 4 is 15.9 Å². The predicted octanol–water partition coefficient (Wildman–Crippen LogP) is 3.60. The smallest absolute Gasteiger partial charge is 0.265 e. The van der Waals surface area contributed by atoms with E-state index in [1.54, 1.807) is 10.7 Å².